The van der Waals surface area contributed by atoms with Crippen LogP contribution in [-0.4, -0.2) is 19.4 Å². The first kappa shape index (κ1) is 14.0. The molecule has 0 unspecified atom stereocenters. The minimum Gasteiger partial charge on any atom is -0.315 e. The lowest BCUT2D eigenvalue weighted by Gasteiger charge is -2.54. The molecule has 0 saturated heterocycles. The number of rotatable bonds is 3. The molecule has 1 heterocycles. The third-order valence-corrected chi connectivity index (χ3v) is 8.61. The molecule has 0 radical (unpaired) electrons. The molecule has 4 aliphatic carbocycles. The van der Waals surface area contributed by atoms with Crippen LogP contribution in [0, 0.1) is 30.6 Å². The van der Waals surface area contributed by atoms with E-state index in [0.717, 1.165) is 23.2 Å². The van der Waals surface area contributed by atoms with E-state index in [0.29, 0.717) is 17.5 Å². The molecule has 0 spiro atoms. The van der Waals surface area contributed by atoms with Gasteiger partial charge in [0.15, 0.2) is 4.21 Å². The van der Waals surface area contributed by atoms with Gasteiger partial charge < -0.3 is 4.98 Å². The number of aromatic nitrogens is 1. The molecule has 1 aromatic heterocycles. The Morgan fingerprint density at radius 3 is 2.14 bits per heavy atom. The zero-order valence-electron chi connectivity index (χ0n) is 12.0. The SMILES string of the molecule is Cc1[nH]c(=O)sc1S(=O)(=O)NC1C2CC3CC(C2)CC1C3. The van der Waals surface area contributed by atoms with Crippen LogP contribution in [-0.2, 0) is 10.0 Å². The molecule has 116 valence electrons. The number of nitrogens with one attached hydrogen (secondary N) is 2. The number of H-pyrrole nitrogens is 1. The minimum atomic E-state index is -3.58. The maximum absolute atomic E-state index is 12.6. The minimum absolute atomic E-state index is 0.0689. The molecule has 0 aromatic carbocycles. The third-order valence-electron chi connectivity index (χ3n) is 5.54. The van der Waals surface area contributed by atoms with E-state index in [4.69, 9.17) is 0 Å². The number of hydrogen-bond acceptors (Lipinski definition) is 4. The highest BCUT2D eigenvalue weighted by Gasteiger charge is 2.49. The zero-order chi connectivity index (χ0) is 14.8. The van der Waals surface area contributed by atoms with Gasteiger partial charge in [-0.15, -0.1) is 0 Å². The van der Waals surface area contributed by atoms with Crippen LogP contribution in [0.25, 0.3) is 0 Å². The van der Waals surface area contributed by atoms with E-state index in [1.807, 2.05) is 0 Å². The van der Waals surface area contributed by atoms with E-state index in [9.17, 15) is 13.2 Å². The van der Waals surface area contributed by atoms with Crippen LogP contribution in [0.2, 0.25) is 0 Å². The van der Waals surface area contributed by atoms with Crippen molar-refractivity contribution >= 4 is 21.4 Å². The number of aryl methyl sites for hydroxylation is 1. The lowest BCUT2D eigenvalue weighted by Crippen LogP contribution is -2.55. The fourth-order valence-corrected chi connectivity index (χ4v) is 7.69. The van der Waals surface area contributed by atoms with Gasteiger partial charge in [0.25, 0.3) is 10.0 Å². The third kappa shape index (κ3) is 2.29. The van der Waals surface area contributed by atoms with E-state index in [1.165, 1.54) is 32.1 Å². The number of hydrogen-bond donors (Lipinski definition) is 2. The van der Waals surface area contributed by atoms with Crippen molar-refractivity contribution in [2.45, 2.75) is 49.3 Å². The summed E-state index contributed by atoms with van der Waals surface area (Å²) in [4.78, 5) is 13.6. The Kier molecular flexibility index (Phi) is 3.10. The smallest absolute Gasteiger partial charge is 0.305 e. The van der Waals surface area contributed by atoms with Crippen molar-refractivity contribution in [3.63, 3.8) is 0 Å². The Balaban J connectivity index is 1.61. The molecular formula is C14H20N2O3S2. The van der Waals surface area contributed by atoms with Crippen LogP contribution in [0.5, 0.6) is 0 Å². The van der Waals surface area contributed by atoms with Crippen molar-refractivity contribution in [3.05, 3.63) is 15.4 Å². The van der Waals surface area contributed by atoms with Gasteiger partial charge >= 0.3 is 4.87 Å². The predicted molar refractivity (Wildman–Crippen MR) is 80.8 cm³/mol. The van der Waals surface area contributed by atoms with Crippen molar-refractivity contribution in [1.82, 2.24) is 9.71 Å². The first-order valence-electron chi connectivity index (χ1n) is 7.64. The second-order valence-corrected chi connectivity index (χ2v) is 9.90. The molecule has 2 N–H and O–H groups in total. The molecule has 4 fully saturated rings. The van der Waals surface area contributed by atoms with Gasteiger partial charge in [-0.2, -0.15) is 0 Å². The maximum Gasteiger partial charge on any atom is 0.305 e. The summed E-state index contributed by atoms with van der Waals surface area (Å²) in [6.45, 7) is 1.64. The monoisotopic (exact) mass is 328 g/mol. The highest BCUT2D eigenvalue weighted by atomic mass is 32.2. The van der Waals surface area contributed by atoms with Gasteiger partial charge in [0.2, 0.25) is 0 Å². The van der Waals surface area contributed by atoms with Crippen molar-refractivity contribution in [2.24, 2.45) is 23.7 Å². The normalized spacial score (nSPS) is 38.0. The summed E-state index contributed by atoms with van der Waals surface area (Å²) in [7, 11) is -3.58. The van der Waals surface area contributed by atoms with Gasteiger partial charge in [-0.05, 0) is 62.7 Å². The van der Waals surface area contributed by atoms with Crippen LogP contribution in [0.15, 0.2) is 9.00 Å². The lowest BCUT2D eigenvalue weighted by molar-refractivity contribution is -0.00556. The van der Waals surface area contributed by atoms with E-state index >= 15 is 0 Å². The van der Waals surface area contributed by atoms with Crippen LogP contribution in [0.4, 0.5) is 0 Å². The Morgan fingerprint density at radius 1 is 1.10 bits per heavy atom. The van der Waals surface area contributed by atoms with E-state index in [-0.39, 0.29) is 15.1 Å². The van der Waals surface area contributed by atoms with E-state index < -0.39 is 10.0 Å². The molecule has 0 atom stereocenters. The first-order chi connectivity index (χ1) is 9.92. The highest BCUT2D eigenvalue weighted by Crippen LogP contribution is 2.53. The van der Waals surface area contributed by atoms with Crippen LogP contribution in [0.1, 0.15) is 37.8 Å². The molecule has 0 aliphatic heterocycles. The van der Waals surface area contributed by atoms with Crippen LogP contribution in [0.3, 0.4) is 0 Å². The van der Waals surface area contributed by atoms with Gasteiger partial charge in [0.05, 0.1) is 0 Å². The first-order valence-corrected chi connectivity index (χ1v) is 9.94. The van der Waals surface area contributed by atoms with Crippen molar-refractivity contribution in [3.8, 4) is 0 Å². The topological polar surface area (TPSA) is 79.0 Å². The summed E-state index contributed by atoms with van der Waals surface area (Å²) in [5.74, 6) is 2.62. The quantitative estimate of drug-likeness (QED) is 0.889. The van der Waals surface area contributed by atoms with Crippen molar-refractivity contribution < 1.29 is 8.42 Å². The molecule has 7 heteroatoms. The number of thiazole rings is 1. The van der Waals surface area contributed by atoms with Gasteiger partial charge in [-0.25, -0.2) is 13.1 Å². The maximum atomic E-state index is 12.6. The van der Waals surface area contributed by atoms with Gasteiger partial charge in [-0.1, -0.05) is 11.3 Å². The Morgan fingerprint density at radius 2 is 1.67 bits per heavy atom. The largest absolute Gasteiger partial charge is 0.315 e. The van der Waals surface area contributed by atoms with Gasteiger partial charge in [0, 0.05) is 11.7 Å². The van der Waals surface area contributed by atoms with Crippen molar-refractivity contribution in [2.75, 3.05) is 0 Å². The number of aromatic amines is 1. The molecule has 4 bridgehead atoms. The fraction of sp³-hybridized carbons (Fsp3) is 0.786. The molecule has 0 amide bonds. The van der Waals surface area contributed by atoms with E-state index in [2.05, 4.69) is 9.71 Å². The molecule has 5 rings (SSSR count). The molecule has 1 aromatic rings. The molecule has 4 aliphatic rings. The van der Waals surface area contributed by atoms with Crippen LogP contribution < -0.4 is 9.60 Å². The molecule has 21 heavy (non-hydrogen) atoms. The summed E-state index contributed by atoms with van der Waals surface area (Å²) in [6, 6.07) is 0.0689. The Bertz CT molecular complexity index is 691. The lowest BCUT2D eigenvalue weighted by atomic mass is 9.54. The fourth-order valence-electron chi connectivity index (χ4n) is 5.00. The summed E-state index contributed by atoms with van der Waals surface area (Å²) in [5, 5.41) is 0. The second-order valence-electron chi connectivity index (χ2n) is 7.00. The van der Waals surface area contributed by atoms with Crippen LogP contribution >= 0.6 is 11.3 Å². The standard InChI is InChI=1S/C14H20N2O3S2/c1-7-13(20-14(17)15-7)21(18,19)16-12-10-3-8-2-9(5-10)6-11(12)4-8/h8-12,16H,2-6H2,1H3,(H,15,17). The zero-order valence-corrected chi connectivity index (χ0v) is 13.6. The Labute approximate surface area is 128 Å². The average Bonchev–Trinajstić information content (AvgIpc) is 2.73. The molecule has 5 nitrogen and oxygen atoms in total. The van der Waals surface area contributed by atoms with Gasteiger partial charge in [-0.3, -0.25) is 4.79 Å². The summed E-state index contributed by atoms with van der Waals surface area (Å²) in [6.07, 6.45) is 6.03. The second kappa shape index (κ2) is 4.67. The predicted octanol–water partition coefficient (Wildman–Crippen LogP) is 1.85. The summed E-state index contributed by atoms with van der Waals surface area (Å²) in [5.41, 5.74) is 0.446. The number of sulfonamides is 1. The average molecular weight is 328 g/mol. The van der Waals surface area contributed by atoms with Crippen molar-refractivity contribution in [1.29, 1.82) is 0 Å². The van der Waals surface area contributed by atoms with Gasteiger partial charge in [0.1, 0.15) is 0 Å². The Hall–Kier alpha value is -0.660. The highest BCUT2D eigenvalue weighted by molar-refractivity contribution is 7.91. The molecular weight excluding hydrogens is 308 g/mol. The van der Waals surface area contributed by atoms with E-state index in [1.54, 1.807) is 6.92 Å². The summed E-state index contributed by atoms with van der Waals surface area (Å²) >= 11 is 0.786. The summed E-state index contributed by atoms with van der Waals surface area (Å²) < 4.78 is 28.3. The molecule has 4 saturated carbocycles.